The highest BCUT2D eigenvalue weighted by molar-refractivity contribution is 5.82. The van der Waals surface area contributed by atoms with E-state index in [-0.39, 0.29) is 5.92 Å². The molecular formula is C19H36O. The van der Waals surface area contributed by atoms with E-state index in [1.54, 1.807) is 6.08 Å². The summed E-state index contributed by atoms with van der Waals surface area (Å²) >= 11 is 0. The topological polar surface area (TPSA) is 17.1 Å². The van der Waals surface area contributed by atoms with Crippen LogP contribution in [0.3, 0.4) is 0 Å². The Balaban J connectivity index is 3.13. The second-order valence-electron chi connectivity index (χ2n) is 6.13. The first-order valence-corrected chi connectivity index (χ1v) is 8.87. The maximum atomic E-state index is 11.6. The van der Waals surface area contributed by atoms with Gasteiger partial charge in [0.05, 0.1) is 0 Å². The van der Waals surface area contributed by atoms with Gasteiger partial charge in [-0.05, 0) is 6.42 Å². The molecule has 0 fully saturated rings. The molecule has 1 heteroatoms. The van der Waals surface area contributed by atoms with Crippen LogP contribution in [0.4, 0.5) is 0 Å². The monoisotopic (exact) mass is 280 g/mol. The average molecular weight is 280 g/mol. The van der Waals surface area contributed by atoms with E-state index in [1.807, 2.05) is 6.92 Å². The largest absolute Gasteiger partial charge is 0.299 e. The van der Waals surface area contributed by atoms with Crippen LogP contribution < -0.4 is 0 Å². The van der Waals surface area contributed by atoms with Crippen LogP contribution in [0.5, 0.6) is 0 Å². The number of Topliss-reactive ketones (excluding diaryl/α,β-unsaturated/α-hetero) is 1. The molecule has 0 aliphatic heterocycles. The van der Waals surface area contributed by atoms with Crippen molar-refractivity contribution < 1.29 is 4.79 Å². The summed E-state index contributed by atoms with van der Waals surface area (Å²) in [6, 6.07) is 0. The first-order valence-electron chi connectivity index (χ1n) is 8.87. The maximum absolute atomic E-state index is 11.6. The third-order valence-electron chi connectivity index (χ3n) is 4.14. The Bertz CT molecular complexity index is 232. The van der Waals surface area contributed by atoms with Crippen LogP contribution in [-0.4, -0.2) is 5.78 Å². The number of rotatable bonds is 15. The normalized spacial score (nSPS) is 12.3. The quantitative estimate of drug-likeness (QED) is 0.248. The Morgan fingerprint density at radius 3 is 1.65 bits per heavy atom. The van der Waals surface area contributed by atoms with Crippen molar-refractivity contribution in [2.75, 3.05) is 0 Å². The first kappa shape index (κ1) is 19.4. The molecule has 20 heavy (non-hydrogen) atoms. The van der Waals surface area contributed by atoms with E-state index < -0.39 is 0 Å². The Morgan fingerprint density at radius 1 is 0.850 bits per heavy atom. The molecule has 0 aromatic heterocycles. The van der Waals surface area contributed by atoms with Crippen molar-refractivity contribution in [3.8, 4) is 0 Å². The van der Waals surface area contributed by atoms with Crippen molar-refractivity contribution in [1.82, 2.24) is 0 Å². The molecule has 0 radical (unpaired) electrons. The summed E-state index contributed by atoms with van der Waals surface area (Å²) in [5, 5.41) is 0. The molecule has 0 rings (SSSR count). The van der Waals surface area contributed by atoms with Gasteiger partial charge in [-0.2, -0.15) is 0 Å². The Kier molecular flexibility index (Phi) is 14.4. The van der Waals surface area contributed by atoms with Gasteiger partial charge in [-0.25, -0.2) is 0 Å². The van der Waals surface area contributed by atoms with Gasteiger partial charge >= 0.3 is 0 Å². The number of unbranched alkanes of at least 4 members (excludes halogenated alkanes) is 11. The van der Waals surface area contributed by atoms with Gasteiger partial charge in [0.15, 0.2) is 0 Å². The van der Waals surface area contributed by atoms with Gasteiger partial charge in [0.25, 0.3) is 0 Å². The predicted molar refractivity (Wildman–Crippen MR) is 90.1 cm³/mol. The molecular weight excluding hydrogens is 244 g/mol. The van der Waals surface area contributed by atoms with E-state index in [2.05, 4.69) is 13.5 Å². The molecule has 0 amide bonds. The highest BCUT2D eigenvalue weighted by atomic mass is 16.1. The molecule has 0 saturated carbocycles. The molecule has 0 aliphatic carbocycles. The summed E-state index contributed by atoms with van der Waals surface area (Å²) < 4.78 is 0. The van der Waals surface area contributed by atoms with Crippen LogP contribution in [0.25, 0.3) is 0 Å². The van der Waals surface area contributed by atoms with Gasteiger partial charge in [0.1, 0.15) is 5.78 Å². The van der Waals surface area contributed by atoms with Gasteiger partial charge in [0, 0.05) is 12.3 Å². The Morgan fingerprint density at radius 2 is 1.25 bits per heavy atom. The molecule has 0 aromatic carbocycles. The zero-order valence-electron chi connectivity index (χ0n) is 14.0. The molecule has 1 unspecified atom stereocenters. The summed E-state index contributed by atoms with van der Waals surface area (Å²) in [7, 11) is 0. The lowest BCUT2D eigenvalue weighted by atomic mass is 10.00. The van der Waals surface area contributed by atoms with Crippen LogP contribution in [0.1, 0.15) is 97.3 Å². The van der Waals surface area contributed by atoms with Gasteiger partial charge in [-0.15, -0.1) is 6.58 Å². The number of hydrogen-bond donors (Lipinski definition) is 0. The number of hydrogen-bond acceptors (Lipinski definition) is 1. The molecule has 0 aromatic rings. The minimum Gasteiger partial charge on any atom is -0.299 e. The van der Waals surface area contributed by atoms with Crippen molar-refractivity contribution in [2.45, 2.75) is 97.3 Å². The molecule has 1 atom stereocenters. The Hall–Kier alpha value is -0.590. The van der Waals surface area contributed by atoms with Gasteiger partial charge in [-0.3, -0.25) is 4.79 Å². The fourth-order valence-electron chi connectivity index (χ4n) is 2.50. The highest BCUT2D eigenvalue weighted by Crippen LogP contribution is 2.13. The number of carbonyl (C=O) groups is 1. The van der Waals surface area contributed by atoms with E-state index in [4.69, 9.17) is 0 Å². The predicted octanol–water partition coefficient (Wildman–Crippen LogP) is 6.47. The fraction of sp³-hybridized carbons (Fsp3) is 0.842. The van der Waals surface area contributed by atoms with Crippen molar-refractivity contribution in [3.05, 3.63) is 12.7 Å². The molecule has 1 nitrogen and oxygen atoms in total. The SMILES string of the molecule is C=CC(C)C(=O)CCCCCCCCCCCCCC. The third-order valence-corrected chi connectivity index (χ3v) is 4.14. The third kappa shape index (κ3) is 12.4. The zero-order valence-corrected chi connectivity index (χ0v) is 14.0. The van der Waals surface area contributed by atoms with E-state index in [0.717, 1.165) is 12.8 Å². The molecule has 0 aliphatic rings. The first-order chi connectivity index (χ1) is 9.72. The lowest BCUT2D eigenvalue weighted by Crippen LogP contribution is -2.07. The molecule has 0 bridgehead atoms. The Labute approximate surface area is 127 Å². The minimum atomic E-state index is 0.0442. The van der Waals surface area contributed by atoms with E-state index in [0.29, 0.717) is 5.78 Å². The van der Waals surface area contributed by atoms with Crippen molar-refractivity contribution in [1.29, 1.82) is 0 Å². The smallest absolute Gasteiger partial charge is 0.139 e. The highest BCUT2D eigenvalue weighted by Gasteiger charge is 2.07. The summed E-state index contributed by atoms with van der Waals surface area (Å²) in [5.74, 6) is 0.398. The van der Waals surface area contributed by atoms with Crippen LogP contribution in [0.15, 0.2) is 12.7 Å². The fourth-order valence-corrected chi connectivity index (χ4v) is 2.50. The molecule has 0 saturated heterocycles. The van der Waals surface area contributed by atoms with Crippen LogP contribution in [0, 0.1) is 5.92 Å². The van der Waals surface area contributed by atoms with E-state index >= 15 is 0 Å². The zero-order chi connectivity index (χ0) is 15.1. The summed E-state index contributed by atoms with van der Waals surface area (Å²) in [4.78, 5) is 11.6. The second kappa shape index (κ2) is 14.8. The van der Waals surface area contributed by atoms with Crippen molar-refractivity contribution >= 4 is 5.78 Å². The van der Waals surface area contributed by atoms with Gasteiger partial charge in [0.2, 0.25) is 0 Å². The van der Waals surface area contributed by atoms with Crippen LogP contribution in [-0.2, 0) is 4.79 Å². The van der Waals surface area contributed by atoms with Gasteiger partial charge < -0.3 is 0 Å². The summed E-state index contributed by atoms with van der Waals surface area (Å²) in [6.45, 7) is 7.88. The second-order valence-corrected chi connectivity index (χ2v) is 6.13. The molecule has 0 heterocycles. The number of ketones is 1. The van der Waals surface area contributed by atoms with Crippen molar-refractivity contribution in [2.24, 2.45) is 5.92 Å². The lowest BCUT2D eigenvalue weighted by Gasteiger charge is -2.05. The summed E-state index contributed by atoms with van der Waals surface area (Å²) in [6.07, 6.45) is 18.6. The van der Waals surface area contributed by atoms with Crippen molar-refractivity contribution in [3.63, 3.8) is 0 Å². The standard InChI is InChI=1S/C19H36O/c1-4-6-7-8-9-10-11-12-13-14-15-16-17-19(20)18(3)5-2/h5,18H,2,4,6-17H2,1,3H3. The van der Waals surface area contributed by atoms with Gasteiger partial charge in [-0.1, -0.05) is 90.6 Å². The average Bonchev–Trinajstić information content (AvgIpc) is 2.47. The molecule has 118 valence electrons. The maximum Gasteiger partial charge on any atom is 0.139 e. The van der Waals surface area contributed by atoms with E-state index in [9.17, 15) is 4.79 Å². The number of carbonyl (C=O) groups excluding carboxylic acids is 1. The summed E-state index contributed by atoms with van der Waals surface area (Å²) in [5.41, 5.74) is 0. The lowest BCUT2D eigenvalue weighted by molar-refractivity contribution is -0.121. The van der Waals surface area contributed by atoms with E-state index in [1.165, 1.54) is 70.6 Å². The number of allylic oxidation sites excluding steroid dienone is 1. The molecule has 0 N–H and O–H groups in total. The van der Waals surface area contributed by atoms with Crippen LogP contribution >= 0.6 is 0 Å². The molecule has 0 spiro atoms. The minimum absolute atomic E-state index is 0.0442. The van der Waals surface area contributed by atoms with Crippen LogP contribution in [0.2, 0.25) is 0 Å².